The zero-order chi connectivity index (χ0) is 18.4. The second-order valence-corrected chi connectivity index (χ2v) is 7.42. The smallest absolute Gasteiger partial charge is 0.350 e. The summed E-state index contributed by atoms with van der Waals surface area (Å²) < 4.78 is 5.05. The van der Waals surface area contributed by atoms with Crippen LogP contribution in [0.4, 0.5) is 0 Å². The number of carbonyl (C=O) groups is 2. The fourth-order valence-electron chi connectivity index (χ4n) is 2.38. The molecule has 6 heteroatoms. The van der Waals surface area contributed by atoms with Crippen LogP contribution in [0.2, 0.25) is 0 Å². The van der Waals surface area contributed by atoms with Gasteiger partial charge in [0.25, 0.3) is 5.91 Å². The molecule has 1 amide bonds. The van der Waals surface area contributed by atoms with E-state index in [1.54, 1.807) is 6.92 Å². The van der Waals surface area contributed by atoms with E-state index >= 15 is 0 Å². The number of amides is 1. The van der Waals surface area contributed by atoms with Crippen molar-refractivity contribution in [2.24, 2.45) is 0 Å². The predicted octanol–water partition coefficient (Wildman–Crippen LogP) is 3.40. The number of esters is 1. The molecule has 0 bridgehead atoms. The Morgan fingerprint density at radius 1 is 1.20 bits per heavy atom. The third-order valence-electron chi connectivity index (χ3n) is 3.81. The minimum Gasteiger partial charge on any atom is -0.451 e. The highest BCUT2D eigenvalue weighted by atomic mass is 32.1. The third kappa shape index (κ3) is 5.67. The second kappa shape index (κ2) is 8.76. The maximum atomic E-state index is 11.9. The van der Waals surface area contributed by atoms with Crippen molar-refractivity contribution in [3.8, 4) is 0 Å². The average Bonchev–Trinajstić information content (AvgIpc) is 2.91. The summed E-state index contributed by atoms with van der Waals surface area (Å²) in [6, 6.07) is 8.39. The Bertz CT molecular complexity index is 736. The highest BCUT2D eigenvalue weighted by Crippen LogP contribution is 2.18. The van der Waals surface area contributed by atoms with Crippen LogP contribution in [0, 0.1) is 13.8 Å². The molecule has 0 radical (unpaired) electrons. The van der Waals surface area contributed by atoms with Gasteiger partial charge < -0.3 is 10.1 Å². The molecule has 0 unspecified atom stereocenters. The van der Waals surface area contributed by atoms with Gasteiger partial charge >= 0.3 is 5.97 Å². The standard InChI is InChI=1S/C19H24N2O3S/c1-12(2)16-7-5-15(6-8-16)9-10-20-17(22)11-24-19(23)18-13(3)21-14(4)25-18/h5-8,12H,9-11H2,1-4H3,(H,20,22). The number of nitrogens with one attached hydrogen (secondary N) is 1. The quantitative estimate of drug-likeness (QED) is 0.769. The molecule has 1 N–H and O–H groups in total. The van der Waals surface area contributed by atoms with Crippen LogP contribution in [0.5, 0.6) is 0 Å². The summed E-state index contributed by atoms with van der Waals surface area (Å²) in [5, 5.41) is 3.57. The lowest BCUT2D eigenvalue weighted by molar-refractivity contribution is -0.124. The Balaban J connectivity index is 1.72. The Labute approximate surface area is 152 Å². The lowest BCUT2D eigenvalue weighted by atomic mass is 10.0. The van der Waals surface area contributed by atoms with E-state index in [0.717, 1.165) is 17.0 Å². The van der Waals surface area contributed by atoms with Crippen molar-refractivity contribution in [2.45, 2.75) is 40.0 Å². The van der Waals surface area contributed by atoms with Gasteiger partial charge in [-0.3, -0.25) is 4.79 Å². The number of ether oxygens (including phenoxy) is 1. The molecule has 0 atom stereocenters. The summed E-state index contributed by atoms with van der Waals surface area (Å²) in [6.45, 7) is 8.13. The largest absolute Gasteiger partial charge is 0.451 e. The number of carbonyl (C=O) groups excluding carboxylic acids is 2. The normalized spacial score (nSPS) is 10.8. The first-order valence-electron chi connectivity index (χ1n) is 8.33. The van der Waals surface area contributed by atoms with Crippen molar-refractivity contribution in [2.75, 3.05) is 13.2 Å². The van der Waals surface area contributed by atoms with Crippen molar-refractivity contribution in [3.05, 3.63) is 51.0 Å². The summed E-state index contributed by atoms with van der Waals surface area (Å²) in [5.41, 5.74) is 3.10. The van der Waals surface area contributed by atoms with E-state index in [1.807, 2.05) is 6.92 Å². The lowest BCUT2D eigenvalue weighted by Gasteiger charge is -2.08. The van der Waals surface area contributed by atoms with E-state index in [-0.39, 0.29) is 12.5 Å². The van der Waals surface area contributed by atoms with E-state index in [1.165, 1.54) is 16.9 Å². The van der Waals surface area contributed by atoms with Gasteiger partial charge in [-0.25, -0.2) is 9.78 Å². The summed E-state index contributed by atoms with van der Waals surface area (Å²) in [6.07, 6.45) is 0.741. The minimum absolute atomic E-state index is 0.276. The average molecular weight is 360 g/mol. The van der Waals surface area contributed by atoms with Gasteiger partial charge in [0.15, 0.2) is 6.61 Å². The number of nitrogens with zero attached hydrogens (tertiary/aromatic N) is 1. The molecule has 2 rings (SSSR count). The van der Waals surface area contributed by atoms with Crippen molar-refractivity contribution in [1.29, 1.82) is 0 Å². The Morgan fingerprint density at radius 2 is 1.88 bits per heavy atom. The molecule has 1 aromatic carbocycles. The molecule has 0 aliphatic rings. The van der Waals surface area contributed by atoms with E-state index < -0.39 is 5.97 Å². The molecule has 1 heterocycles. The van der Waals surface area contributed by atoms with Crippen LogP contribution in [-0.2, 0) is 16.0 Å². The third-order valence-corrected chi connectivity index (χ3v) is 4.86. The summed E-state index contributed by atoms with van der Waals surface area (Å²) in [4.78, 5) is 28.4. The molecule has 0 aliphatic heterocycles. The van der Waals surface area contributed by atoms with Crippen molar-refractivity contribution in [3.63, 3.8) is 0 Å². The van der Waals surface area contributed by atoms with Gasteiger partial charge in [-0.2, -0.15) is 0 Å². The van der Waals surface area contributed by atoms with Gasteiger partial charge in [0.05, 0.1) is 10.7 Å². The van der Waals surface area contributed by atoms with E-state index in [2.05, 4.69) is 48.4 Å². The van der Waals surface area contributed by atoms with E-state index in [4.69, 9.17) is 4.74 Å². The van der Waals surface area contributed by atoms with Crippen LogP contribution in [0.1, 0.15) is 51.3 Å². The lowest BCUT2D eigenvalue weighted by Crippen LogP contribution is -2.30. The molecule has 0 aliphatic carbocycles. The summed E-state index contributed by atoms with van der Waals surface area (Å²) in [5.74, 6) is -0.289. The predicted molar refractivity (Wildman–Crippen MR) is 99.1 cm³/mol. The van der Waals surface area contributed by atoms with Gasteiger partial charge in [0.1, 0.15) is 4.88 Å². The maximum Gasteiger partial charge on any atom is 0.350 e. The number of aryl methyl sites for hydroxylation is 2. The molecule has 2 aromatic rings. The zero-order valence-corrected chi connectivity index (χ0v) is 15.9. The van der Waals surface area contributed by atoms with Crippen molar-refractivity contribution >= 4 is 23.2 Å². The molecule has 0 fully saturated rings. The molecule has 5 nitrogen and oxygen atoms in total. The topological polar surface area (TPSA) is 68.3 Å². The molecule has 0 spiro atoms. The van der Waals surface area contributed by atoms with Gasteiger partial charge in [0.2, 0.25) is 0 Å². The highest BCUT2D eigenvalue weighted by molar-refractivity contribution is 7.13. The fraction of sp³-hybridized carbons (Fsp3) is 0.421. The Hall–Kier alpha value is -2.21. The van der Waals surface area contributed by atoms with E-state index in [9.17, 15) is 9.59 Å². The van der Waals surface area contributed by atoms with Crippen LogP contribution in [-0.4, -0.2) is 30.0 Å². The number of aromatic nitrogens is 1. The summed E-state index contributed by atoms with van der Waals surface area (Å²) >= 11 is 1.27. The molecular weight excluding hydrogens is 336 g/mol. The maximum absolute atomic E-state index is 11.9. The first-order chi connectivity index (χ1) is 11.9. The van der Waals surface area contributed by atoms with Crippen LogP contribution >= 0.6 is 11.3 Å². The highest BCUT2D eigenvalue weighted by Gasteiger charge is 2.16. The van der Waals surface area contributed by atoms with Crippen LogP contribution in [0.25, 0.3) is 0 Å². The number of thiazole rings is 1. The van der Waals surface area contributed by atoms with Crippen molar-refractivity contribution in [1.82, 2.24) is 10.3 Å². The van der Waals surface area contributed by atoms with Crippen LogP contribution in [0.3, 0.4) is 0 Å². The molecule has 0 saturated carbocycles. The first kappa shape index (κ1) is 19.1. The monoisotopic (exact) mass is 360 g/mol. The molecule has 1 aromatic heterocycles. The fourth-order valence-corrected chi connectivity index (χ4v) is 3.20. The van der Waals surface area contributed by atoms with Gasteiger partial charge in [-0.15, -0.1) is 11.3 Å². The second-order valence-electron chi connectivity index (χ2n) is 6.22. The molecule has 0 saturated heterocycles. The van der Waals surface area contributed by atoms with Gasteiger partial charge in [-0.1, -0.05) is 38.1 Å². The molecule has 134 valence electrons. The van der Waals surface area contributed by atoms with Gasteiger partial charge in [0, 0.05) is 6.54 Å². The number of rotatable bonds is 7. The Kier molecular flexibility index (Phi) is 6.70. The molecular formula is C19H24N2O3S. The zero-order valence-electron chi connectivity index (χ0n) is 15.1. The SMILES string of the molecule is Cc1nc(C)c(C(=O)OCC(=O)NCCc2ccc(C(C)C)cc2)s1. The number of benzene rings is 1. The molecule has 25 heavy (non-hydrogen) atoms. The number of hydrogen-bond acceptors (Lipinski definition) is 5. The van der Waals surface area contributed by atoms with Crippen LogP contribution in [0.15, 0.2) is 24.3 Å². The van der Waals surface area contributed by atoms with Crippen LogP contribution < -0.4 is 5.32 Å². The van der Waals surface area contributed by atoms with E-state index in [0.29, 0.717) is 23.0 Å². The number of hydrogen-bond donors (Lipinski definition) is 1. The minimum atomic E-state index is -0.498. The summed E-state index contributed by atoms with van der Waals surface area (Å²) in [7, 11) is 0. The van der Waals surface area contributed by atoms with Crippen molar-refractivity contribution < 1.29 is 14.3 Å². The van der Waals surface area contributed by atoms with Gasteiger partial charge in [-0.05, 0) is 37.3 Å². The first-order valence-corrected chi connectivity index (χ1v) is 9.15. The Morgan fingerprint density at radius 3 is 2.44 bits per heavy atom.